The maximum atomic E-state index is 8.78. The van der Waals surface area contributed by atoms with E-state index >= 15 is 0 Å². The molecule has 2 heteroatoms. The van der Waals surface area contributed by atoms with E-state index in [1.54, 1.807) is 0 Å². The minimum atomic E-state index is 0.209. The van der Waals surface area contributed by atoms with Crippen LogP contribution in [0.15, 0.2) is 16.6 Å². The van der Waals surface area contributed by atoms with Gasteiger partial charge in [0.25, 0.3) is 0 Å². The van der Waals surface area contributed by atoms with Crippen molar-refractivity contribution in [1.82, 2.24) is 0 Å². The standard InChI is InChI=1S/C10H13BrO/c1-7-5-9(3-4-12)10(11)6-8(7)2/h5-6,12H,3-4H2,1-2H3. The maximum absolute atomic E-state index is 8.78. The van der Waals surface area contributed by atoms with Crippen molar-refractivity contribution in [1.29, 1.82) is 0 Å². The van der Waals surface area contributed by atoms with E-state index < -0.39 is 0 Å². The Hall–Kier alpha value is -0.340. The predicted molar refractivity (Wildman–Crippen MR) is 54.4 cm³/mol. The molecule has 0 unspecified atom stereocenters. The van der Waals surface area contributed by atoms with Gasteiger partial charge in [-0.1, -0.05) is 22.0 Å². The van der Waals surface area contributed by atoms with Crippen LogP contribution in [0.25, 0.3) is 0 Å². The minimum Gasteiger partial charge on any atom is -0.396 e. The van der Waals surface area contributed by atoms with E-state index in [0.717, 1.165) is 10.9 Å². The third-order valence-corrected chi connectivity index (χ3v) is 2.78. The van der Waals surface area contributed by atoms with Crippen LogP contribution in [0, 0.1) is 13.8 Å². The largest absolute Gasteiger partial charge is 0.396 e. The van der Waals surface area contributed by atoms with Crippen LogP contribution in [0.3, 0.4) is 0 Å². The summed E-state index contributed by atoms with van der Waals surface area (Å²) in [6, 6.07) is 4.22. The monoisotopic (exact) mass is 228 g/mol. The van der Waals surface area contributed by atoms with Gasteiger partial charge in [0.15, 0.2) is 0 Å². The summed E-state index contributed by atoms with van der Waals surface area (Å²) in [5, 5.41) is 8.78. The summed E-state index contributed by atoms with van der Waals surface area (Å²) in [5.41, 5.74) is 3.74. The Kier molecular flexibility index (Phi) is 3.29. The number of hydrogen-bond acceptors (Lipinski definition) is 1. The van der Waals surface area contributed by atoms with Crippen molar-refractivity contribution in [2.24, 2.45) is 0 Å². The van der Waals surface area contributed by atoms with Crippen molar-refractivity contribution in [2.75, 3.05) is 6.61 Å². The van der Waals surface area contributed by atoms with Gasteiger partial charge >= 0.3 is 0 Å². The second kappa shape index (κ2) is 4.06. The van der Waals surface area contributed by atoms with Crippen LogP contribution in [0.2, 0.25) is 0 Å². The SMILES string of the molecule is Cc1cc(Br)c(CCO)cc1C. The van der Waals surface area contributed by atoms with Crippen LogP contribution < -0.4 is 0 Å². The number of halogens is 1. The summed E-state index contributed by atoms with van der Waals surface area (Å²) < 4.78 is 1.10. The zero-order valence-corrected chi connectivity index (χ0v) is 8.98. The summed E-state index contributed by atoms with van der Waals surface area (Å²) in [6.07, 6.45) is 0.724. The minimum absolute atomic E-state index is 0.209. The van der Waals surface area contributed by atoms with Crippen molar-refractivity contribution in [3.8, 4) is 0 Å². The van der Waals surface area contributed by atoms with Gasteiger partial charge in [0.05, 0.1) is 0 Å². The number of hydrogen-bond donors (Lipinski definition) is 1. The Balaban J connectivity index is 3.05. The van der Waals surface area contributed by atoms with Gasteiger partial charge in [-0.15, -0.1) is 0 Å². The van der Waals surface area contributed by atoms with Gasteiger partial charge in [-0.3, -0.25) is 0 Å². The Labute approximate surface area is 81.6 Å². The lowest BCUT2D eigenvalue weighted by Gasteiger charge is -2.06. The molecule has 1 N–H and O–H groups in total. The third-order valence-electron chi connectivity index (χ3n) is 2.04. The van der Waals surface area contributed by atoms with E-state index in [2.05, 4.69) is 41.9 Å². The lowest BCUT2D eigenvalue weighted by Crippen LogP contribution is -1.94. The van der Waals surface area contributed by atoms with Crippen LogP contribution in [-0.2, 0) is 6.42 Å². The van der Waals surface area contributed by atoms with Crippen LogP contribution in [0.4, 0.5) is 0 Å². The molecule has 0 bridgehead atoms. The summed E-state index contributed by atoms with van der Waals surface area (Å²) in [6.45, 7) is 4.38. The topological polar surface area (TPSA) is 20.2 Å². The molecule has 0 fully saturated rings. The first-order chi connectivity index (χ1) is 5.65. The third kappa shape index (κ3) is 2.08. The maximum Gasteiger partial charge on any atom is 0.0471 e. The zero-order valence-electron chi connectivity index (χ0n) is 7.39. The van der Waals surface area contributed by atoms with Gasteiger partial charge in [-0.2, -0.15) is 0 Å². The number of benzene rings is 1. The fourth-order valence-corrected chi connectivity index (χ4v) is 1.81. The molecule has 1 nitrogen and oxygen atoms in total. The highest BCUT2D eigenvalue weighted by Crippen LogP contribution is 2.21. The molecule has 0 heterocycles. The summed E-state index contributed by atoms with van der Waals surface area (Å²) in [7, 11) is 0. The normalized spacial score (nSPS) is 10.3. The fourth-order valence-electron chi connectivity index (χ4n) is 1.15. The molecule has 66 valence electrons. The molecular formula is C10H13BrO. The smallest absolute Gasteiger partial charge is 0.0471 e. The first kappa shape index (κ1) is 9.75. The Bertz CT molecular complexity index is 281. The van der Waals surface area contributed by atoms with Crippen LogP contribution >= 0.6 is 15.9 Å². The van der Waals surface area contributed by atoms with Crippen molar-refractivity contribution >= 4 is 15.9 Å². The van der Waals surface area contributed by atoms with E-state index in [9.17, 15) is 0 Å². The Morgan fingerprint density at radius 1 is 1.25 bits per heavy atom. The average Bonchev–Trinajstić information content (AvgIpc) is 2.01. The van der Waals surface area contributed by atoms with Gasteiger partial charge in [-0.25, -0.2) is 0 Å². The molecule has 1 aromatic rings. The highest BCUT2D eigenvalue weighted by molar-refractivity contribution is 9.10. The van der Waals surface area contributed by atoms with Crippen molar-refractivity contribution in [3.05, 3.63) is 33.3 Å². The average molecular weight is 229 g/mol. The Morgan fingerprint density at radius 3 is 2.42 bits per heavy atom. The van der Waals surface area contributed by atoms with Crippen LogP contribution in [-0.4, -0.2) is 11.7 Å². The molecule has 0 radical (unpaired) electrons. The number of aliphatic hydroxyl groups excluding tert-OH is 1. The van der Waals surface area contributed by atoms with Crippen LogP contribution in [0.5, 0.6) is 0 Å². The van der Waals surface area contributed by atoms with Gasteiger partial charge < -0.3 is 5.11 Å². The van der Waals surface area contributed by atoms with E-state index in [4.69, 9.17) is 5.11 Å². The molecule has 12 heavy (non-hydrogen) atoms. The number of rotatable bonds is 2. The van der Waals surface area contributed by atoms with Gasteiger partial charge in [0.2, 0.25) is 0 Å². The van der Waals surface area contributed by atoms with Crippen molar-refractivity contribution in [3.63, 3.8) is 0 Å². The molecule has 0 aliphatic rings. The molecule has 0 spiro atoms. The van der Waals surface area contributed by atoms with Crippen LogP contribution in [0.1, 0.15) is 16.7 Å². The van der Waals surface area contributed by atoms with Crippen molar-refractivity contribution < 1.29 is 5.11 Å². The molecule has 0 saturated heterocycles. The van der Waals surface area contributed by atoms with Gasteiger partial charge in [-0.05, 0) is 43.0 Å². The first-order valence-electron chi connectivity index (χ1n) is 4.01. The first-order valence-corrected chi connectivity index (χ1v) is 4.81. The molecule has 0 aliphatic carbocycles. The predicted octanol–water partition coefficient (Wildman–Crippen LogP) is 2.60. The highest BCUT2D eigenvalue weighted by atomic mass is 79.9. The zero-order chi connectivity index (χ0) is 9.14. The van der Waals surface area contributed by atoms with Gasteiger partial charge in [0, 0.05) is 11.1 Å². The molecule has 0 aliphatic heterocycles. The fraction of sp³-hybridized carbons (Fsp3) is 0.400. The summed E-state index contributed by atoms with van der Waals surface area (Å²) >= 11 is 3.47. The second-order valence-electron chi connectivity index (χ2n) is 3.00. The molecule has 1 aromatic carbocycles. The van der Waals surface area contributed by atoms with E-state index in [1.807, 2.05) is 0 Å². The lowest BCUT2D eigenvalue weighted by atomic mass is 10.0. The molecular weight excluding hydrogens is 216 g/mol. The van der Waals surface area contributed by atoms with E-state index in [1.165, 1.54) is 16.7 Å². The number of aryl methyl sites for hydroxylation is 2. The molecule has 0 saturated carbocycles. The van der Waals surface area contributed by atoms with Gasteiger partial charge in [0.1, 0.15) is 0 Å². The quantitative estimate of drug-likeness (QED) is 0.826. The summed E-state index contributed by atoms with van der Waals surface area (Å²) in [4.78, 5) is 0. The van der Waals surface area contributed by atoms with E-state index in [-0.39, 0.29) is 6.61 Å². The molecule has 0 aromatic heterocycles. The molecule has 0 atom stereocenters. The molecule has 1 rings (SSSR count). The number of aliphatic hydroxyl groups is 1. The molecule has 0 amide bonds. The highest BCUT2D eigenvalue weighted by Gasteiger charge is 2.01. The second-order valence-corrected chi connectivity index (χ2v) is 3.86. The van der Waals surface area contributed by atoms with E-state index in [0.29, 0.717) is 0 Å². The lowest BCUT2D eigenvalue weighted by molar-refractivity contribution is 0.299. The summed E-state index contributed by atoms with van der Waals surface area (Å²) in [5.74, 6) is 0. The van der Waals surface area contributed by atoms with Crippen molar-refractivity contribution in [2.45, 2.75) is 20.3 Å². The Morgan fingerprint density at radius 2 is 1.83 bits per heavy atom.